The number of imidazole rings is 1. The smallest absolute Gasteiger partial charge is 0.202 e. The van der Waals surface area contributed by atoms with Crippen LogP contribution in [0.3, 0.4) is 0 Å². The Labute approximate surface area is 117 Å². The summed E-state index contributed by atoms with van der Waals surface area (Å²) in [4.78, 5) is 8.57. The van der Waals surface area contributed by atoms with Gasteiger partial charge in [-0.3, -0.25) is 9.55 Å². The van der Waals surface area contributed by atoms with E-state index in [4.69, 9.17) is 5.73 Å². The minimum Gasteiger partial charge on any atom is -0.369 e. The molecule has 0 amide bonds. The summed E-state index contributed by atoms with van der Waals surface area (Å²) in [7, 11) is 0. The Morgan fingerprint density at radius 1 is 1.35 bits per heavy atom. The molecule has 0 unspecified atom stereocenters. The van der Waals surface area contributed by atoms with E-state index in [9.17, 15) is 0 Å². The average molecular weight is 270 g/mol. The van der Waals surface area contributed by atoms with Gasteiger partial charge in [-0.05, 0) is 31.9 Å². The van der Waals surface area contributed by atoms with E-state index < -0.39 is 0 Å². The molecular weight excluding hydrogens is 252 g/mol. The molecule has 2 N–H and O–H groups in total. The van der Waals surface area contributed by atoms with E-state index in [1.807, 2.05) is 28.4 Å². The summed E-state index contributed by atoms with van der Waals surface area (Å²) in [5.74, 6) is 0.548. The summed E-state index contributed by atoms with van der Waals surface area (Å²) in [5, 5.41) is 4.49. The summed E-state index contributed by atoms with van der Waals surface area (Å²) in [5.41, 5.74) is 10.1. The highest BCUT2D eigenvalue weighted by Gasteiger charge is 2.16. The highest BCUT2D eigenvalue weighted by Crippen LogP contribution is 2.21. The van der Waals surface area contributed by atoms with Crippen molar-refractivity contribution in [2.75, 3.05) is 5.73 Å². The predicted octanol–water partition coefficient (Wildman–Crippen LogP) is 1.78. The number of aromatic nitrogens is 5. The summed E-state index contributed by atoms with van der Waals surface area (Å²) in [6.07, 6.45) is 4.53. The summed E-state index contributed by atoms with van der Waals surface area (Å²) in [6.45, 7) is 5.62. The normalized spacial score (nSPS) is 11.3. The average Bonchev–Trinajstić information content (AvgIpc) is 2.95. The molecule has 3 aromatic rings. The highest BCUT2D eigenvalue weighted by molar-refractivity contribution is 5.77. The van der Waals surface area contributed by atoms with Crippen molar-refractivity contribution in [1.29, 1.82) is 0 Å². The van der Waals surface area contributed by atoms with Gasteiger partial charge in [0.1, 0.15) is 5.52 Å². The molecule has 104 valence electrons. The Kier molecular flexibility index (Phi) is 3.14. The van der Waals surface area contributed by atoms with Crippen LogP contribution in [0.4, 0.5) is 5.95 Å². The second kappa shape index (κ2) is 4.96. The Morgan fingerprint density at radius 2 is 2.20 bits per heavy atom. The van der Waals surface area contributed by atoms with Crippen molar-refractivity contribution in [3.63, 3.8) is 0 Å². The first kappa shape index (κ1) is 12.7. The molecule has 3 heterocycles. The maximum absolute atomic E-state index is 6.05. The maximum atomic E-state index is 6.05. The zero-order valence-corrected chi connectivity index (χ0v) is 11.7. The van der Waals surface area contributed by atoms with E-state index >= 15 is 0 Å². The molecule has 0 aliphatic carbocycles. The lowest BCUT2D eigenvalue weighted by molar-refractivity contribution is 0.630. The van der Waals surface area contributed by atoms with Crippen LogP contribution in [0.25, 0.3) is 11.2 Å². The third-order valence-electron chi connectivity index (χ3n) is 3.47. The molecule has 6 heteroatoms. The van der Waals surface area contributed by atoms with Crippen molar-refractivity contribution in [3.05, 3.63) is 35.8 Å². The van der Waals surface area contributed by atoms with Crippen molar-refractivity contribution in [1.82, 2.24) is 24.3 Å². The van der Waals surface area contributed by atoms with Gasteiger partial charge in [-0.1, -0.05) is 6.07 Å². The Balaban J connectivity index is 1.96. The van der Waals surface area contributed by atoms with E-state index in [2.05, 4.69) is 28.1 Å². The van der Waals surface area contributed by atoms with Crippen LogP contribution in [-0.4, -0.2) is 24.3 Å². The Bertz CT molecular complexity index is 725. The van der Waals surface area contributed by atoms with Gasteiger partial charge in [-0.15, -0.1) is 0 Å². The third-order valence-corrected chi connectivity index (χ3v) is 3.47. The maximum Gasteiger partial charge on any atom is 0.202 e. The molecule has 3 aromatic heterocycles. The SMILES string of the molecule is CCn1nc(C)c2nc(N)n(CCc3cccnc3)c21. The molecule has 0 aliphatic heterocycles. The molecule has 0 aromatic carbocycles. The second-order valence-corrected chi connectivity index (χ2v) is 4.81. The molecule has 0 spiro atoms. The number of anilines is 1. The Hall–Kier alpha value is -2.37. The first-order chi connectivity index (χ1) is 9.70. The number of hydrogen-bond donors (Lipinski definition) is 1. The van der Waals surface area contributed by atoms with Gasteiger partial charge in [0.05, 0.1) is 5.69 Å². The van der Waals surface area contributed by atoms with E-state index in [0.29, 0.717) is 5.95 Å². The fourth-order valence-electron chi connectivity index (χ4n) is 2.47. The molecule has 0 saturated carbocycles. The van der Waals surface area contributed by atoms with Crippen LogP contribution in [0.5, 0.6) is 0 Å². The number of nitrogens with two attached hydrogens (primary N) is 1. The highest BCUT2D eigenvalue weighted by atomic mass is 15.4. The third kappa shape index (κ3) is 2.03. The first-order valence-electron chi connectivity index (χ1n) is 6.78. The largest absolute Gasteiger partial charge is 0.369 e. The fraction of sp³-hybridized carbons (Fsp3) is 0.357. The van der Waals surface area contributed by atoms with Crippen LogP contribution in [0.15, 0.2) is 24.5 Å². The zero-order valence-electron chi connectivity index (χ0n) is 11.7. The van der Waals surface area contributed by atoms with Crippen LogP contribution in [-0.2, 0) is 19.5 Å². The Morgan fingerprint density at radius 3 is 2.90 bits per heavy atom. The second-order valence-electron chi connectivity index (χ2n) is 4.81. The molecule has 0 bridgehead atoms. The minimum absolute atomic E-state index is 0.548. The molecule has 0 atom stereocenters. The van der Waals surface area contributed by atoms with E-state index in [1.165, 1.54) is 5.56 Å². The van der Waals surface area contributed by atoms with Gasteiger partial charge in [0.2, 0.25) is 5.95 Å². The number of rotatable bonds is 4. The molecular formula is C14H18N6. The van der Waals surface area contributed by atoms with Crippen molar-refractivity contribution >= 4 is 17.1 Å². The number of nitrogens with zero attached hydrogens (tertiary/aromatic N) is 5. The van der Waals surface area contributed by atoms with Crippen LogP contribution in [0, 0.1) is 6.92 Å². The lowest BCUT2D eigenvalue weighted by Gasteiger charge is -2.07. The van der Waals surface area contributed by atoms with Gasteiger partial charge >= 0.3 is 0 Å². The van der Waals surface area contributed by atoms with Gasteiger partial charge in [0.25, 0.3) is 0 Å². The fourth-order valence-corrected chi connectivity index (χ4v) is 2.47. The van der Waals surface area contributed by atoms with Gasteiger partial charge in [0, 0.05) is 25.5 Å². The molecule has 0 saturated heterocycles. The lowest BCUT2D eigenvalue weighted by atomic mass is 10.2. The van der Waals surface area contributed by atoms with Crippen molar-refractivity contribution in [2.45, 2.75) is 33.4 Å². The van der Waals surface area contributed by atoms with Gasteiger partial charge < -0.3 is 5.73 Å². The molecule has 0 radical (unpaired) electrons. The predicted molar refractivity (Wildman–Crippen MR) is 78.3 cm³/mol. The van der Waals surface area contributed by atoms with E-state index in [-0.39, 0.29) is 0 Å². The standard InChI is InChI=1S/C14H18N6/c1-3-20-13-12(10(2)18-20)17-14(15)19(13)8-6-11-5-4-7-16-9-11/h4-5,7,9H,3,6,8H2,1-2H3,(H2,15,17). The lowest BCUT2D eigenvalue weighted by Crippen LogP contribution is -2.10. The number of hydrogen-bond acceptors (Lipinski definition) is 4. The van der Waals surface area contributed by atoms with E-state index in [0.717, 1.165) is 36.4 Å². The molecule has 3 rings (SSSR count). The molecule has 0 fully saturated rings. The monoisotopic (exact) mass is 270 g/mol. The first-order valence-corrected chi connectivity index (χ1v) is 6.78. The number of nitrogen functional groups attached to an aromatic ring is 1. The molecule has 20 heavy (non-hydrogen) atoms. The van der Waals surface area contributed by atoms with Crippen LogP contribution >= 0.6 is 0 Å². The van der Waals surface area contributed by atoms with Gasteiger partial charge in [-0.25, -0.2) is 9.67 Å². The van der Waals surface area contributed by atoms with Crippen molar-refractivity contribution < 1.29 is 0 Å². The number of fused-ring (bicyclic) bond motifs is 1. The van der Waals surface area contributed by atoms with Crippen LogP contribution in [0.1, 0.15) is 18.2 Å². The summed E-state index contributed by atoms with van der Waals surface area (Å²) < 4.78 is 3.99. The number of pyridine rings is 1. The van der Waals surface area contributed by atoms with Crippen molar-refractivity contribution in [2.24, 2.45) is 0 Å². The quantitative estimate of drug-likeness (QED) is 0.784. The summed E-state index contributed by atoms with van der Waals surface area (Å²) >= 11 is 0. The van der Waals surface area contributed by atoms with Gasteiger partial charge in [-0.2, -0.15) is 5.10 Å². The van der Waals surface area contributed by atoms with Crippen LogP contribution in [0.2, 0.25) is 0 Å². The molecule has 6 nitrogen and oxygen atoms in total. The van der Waals surface area contributed by atoms with Crippen LogP contribution < -0.4 is 5.73 Å². The van der Waals surface area contributed by atoms with Gasteiger partial charge in [0.15, 0.2) is 5.65 Å². The van der Waals surface area contributed by atoms with Crippen molar-refractivity contribution in [3.8, 4) is 0 Å². The number of aryl methyl sites for hydroxylation is 4. The minimum atomic E-state index is 0.548. The summed E-state index contributed by atoms with van der Waals surface area (Å²) in [6, 6.07) is 4.02. The molecule has 0 aliphatic rings. The zero-order chi connectivity index (χ0) is 14.1. The van der Waals surface area contributed by atoms with E-state index in [1.54, 1.807) is 6.20 Å². The topological polar surface area (TPSA) is 74.6 Å².